The molecule has 2 rings (SSSR count). The molecule has 0 radical (unpaired) electrons. The number of aryl methyl sites for hydroxylation is 1. The van der Waals surface area contributed by atoms with Gasteiger partial charge in [0.15, 0.2) is 6.10 Å². The number of amides is 1. The Morgan fingerprint density at radius 1 is 1.35 bits per heavy atom. The van der Waals surface area contributed by atoms with E-state index in [1.165, 1.54) is 25.5 Å². The van der Waals surface area contributed by atoms with Crippen LogP contribution >= 0.6 is 11.6 Å². The number of hydrogen-bond acceptors (Lipinski definition) is 6. The molecular formula is C16H17ClN4O5. The maximum Gasteiger partial charge on any atom is 0.328 e. The lowest BCUT2D eigenvalue weighted by molar-refractivity contribution is -0.386. The van der Waals surface area contributed by atoms with Crippen LogP contribution in [0.25, 0.3) is 0 Å². The molecule has 138 valence electrons. The van der Waals surface area contributed by atoms with E-state index in [9.17, 15) is 19.7 Å². The van der Waals surface area contributed by atoms with E-state index in [4.69, 9.17) is 16.3 Å². The number of esters is 1. The molecule has 1 amide bonds. The maximum absolute atomic E-state index is 12.1. The summed E-state index contributed by atoms with van der Waals surface area (Å²) >= 11 is 5.77. The fourth-order valence-corrected chi connectivity index (χ4v) is 2.42. The van der Waals surface area contributed by atoms with Gasteiger partial charge in [-0.05, 0) is 45.0 Å². The molecule has 10 heteroatoms. The summed E-state index contributed by atoms with van der Waals surface area (Å²) in [6, 6.07) is 6.46. The molecule has 0 spiro atoms. The van der Waals surface area contributed by atoms with Gasteiger partial charge in [-0.2, -0.15) is 5.10 Å². The summed E-state index contributed by atoms with van der Waals surface area (Å²) in [5.41, 5.74) is 0.805. The number of aromatic nitrogens is 2. The summed E-state index contributed by atoms with van der Waals surface area (Å²) in [4.78, 5) is 34.5. The molecule has 0 aliphatic heterocycles. The number of nitro groups is 1. The van der Waals surface area contributed by atoms with Gasteiger partial charge in [-0.25, -0.2) is 0 Å². The molecule has 0 aliphatic carbocycles. The van der Waals surface area contributed by atoms with Crippen molar-refractivity contribution in [2.45, 2.75) is 33.4 Å². The van der Waals surface area contributed by atoms with E-state index in [-0.39, 0.29) is 23.6 Å². The molecular weight excluding hydrogens is 364 g/mol. The molecule has 0 saturated heterocycles. The number of nitrogens with zero attached hydrogens (tertiary/aromatic N) is 3. The Labute approximate surface area is 154 Å². The second-order valence-corrected chi connectivity index (χ2v) is 6.00. The number of anilines is 1. The average Bonchev–Trinajstić information content (AvgIpc) is 2.83. The second-order valence-electron chi connectivity index (χ2n) is 5.56. The minimum absolute atomic E-state index is 0.147. The van der Waals surface area contributed by atoms with Crippen molar-refractivity contribution in [1.82, 2.24) is 9.78 Å². The lowest BCUT2D eigenvalue weighted by Gasteiger charge is -2.14. The Kier molecular flexibility index (Phi) is 5.93. The Bertz CT molecular complexity index is 847. The number of benzene rings is 1. The fraction of sp³-hybridized carbons (Fsp3) is 0.312. The van der Waals surface area contributed by atoms with Gasteiger partial charge in [-0.3, -0.25) is 24.4 Å². The number of hydrogen-bond donors (Lipinski definition) is 1. The smallest absolute Gasteiger partial charge is 0.328 e. The van der Waals surface area contributed by atoms with E-state index in [0.717, 1.165) is 0 Å². The molecule has 1 N–H and O–H groups in total. The van der Waals surface area contributed by atoms with Crippen molar-refractivity contribution in [3.8, 4) is 0 Å². The summed E-state index contributed by atoms with van der Waals surface area (Å²) in [5, 5.41) is 18.1. The van der Waals surface area contributed by atoms with Gasteiger partial charge < -0.3 is 10.1 Å². The Balaban J connectivity index is 1.96. The molecule has 0 bridgehead atoms. The van der Waals surface area contributed by atoms with Gasteiger partial charge in [0.05, 0.1) is 4.92 Å². The Hall–Kier alpha value is -2.94. The quantitative estimate of drug-likeness (QED) is 0.467. The van der Waals surface area contributed by atoms with Crippen molar-refractivity contribution >= 4 is 34.9 Å². The minimum Gasteiger partial charge on any atom is -0.451 e. The molecule has 1 aromatic heterocycles. The van der Waals surface area contributed by atoms with Crippen molar-refractivity contribution in [2.75, 3.05) is 5.32 Å². The number of halogens is 1. The minimum atomic E-state index is -1.05. The Morgan fingerprint density at radius 3 is 2.50 bits per heavy atom. The monoisotopic (exact) mass is 380 g/mol. The zero-order valence-corrected chi connectivity index (χ0v) is 15.1. The lowest BCUT2D eigenvalue weighted by atomic mass is 10.3. The molecule has 26 heavy (non-hydrogen) atoms. The summed E-state index contributed by atoms with van der Waals surface area (Å²) in [5.74, 6) is -1.25. The number of nitrogens with one attached hydrogen (secondary N) is 1. The van der Waals surface area contributed by atoms with E-state index in [2.05, 4.69) is 10.4 Å². The van der Waals surface area contributed by atoms with Gasteiger partial charge in [-0.15, -0.1) is 0 Å². The van der Waals surface area contributed by atoms with Crippen LogP contribution in [0.2, 0.25) is 5.02 Å². The lowest BCUT2D eigenvalue weighted by Crippen LogP contribution is -2.31. The van der Waals surface area contributed by atoms with Crippen LogP contribution in [0.4, 0.5) is 11.4 Å². The molecule has 1 atom stereocenters. The second kappa shape index (κ2) is 7.96. The van der Waals surface area contributed by atoms with Crippen molar-refractivity contribution in [1.29, 1.82) is 0 Å². The van der Waals surface area contributed by atoms with Crippen molar-refractivity contribution in [3.05, 3.63) is 50.8 Å². The van der Waals surface area contributed by atoms with Crippen molar-refractivity contribution < 1.29 is 19.2 Å². The van der Waals surface area contributed by atoms with E-state index in [1.807, 2.05) is 0 Å². The predicted molar refractivity (Wildman–Crippen MR) is 94.0 cm³/mol. The number of carbonyl (C=O) groups is 2. The van der Waals surface area contributed by atoms with Crippen LogP contribution in [-0.4, -0.2) is 32.7 Å². The molecule has 0 saturated carbocycles. The van der Waals surface area contributed by atoms with E-state index in [1.54, 1.807) is 24.3 Å². The highest BCUT2D eigenvalue weighted by atomic mass is 35.5. The first-order chi connectivity index (χ1) is 12.2. The SMILES string of the molecule is Cc1nn(CC(=O)O[C@@H](C)C(=O)Nc2ccc(Cl)cc2)c(C)c1[N+](=O)[O-]. The normalized spacial score (nSPS) is 11.7. The zero-order chi connectivity index (χ0) is 19.4. The highest BCUT2D eigenvalue weighted by Crippen LogP contribution is 2.21. The van der Waals surface area contributed by atoms with Crippen LogP contribution in [0.1, 0.15) is 18.3 Å². The van der Waals surface area contributed by atoms with Crippen LogP contribution in [0.3, 0.4) is 0 Å². The summed E-state index contributed by atoms with van der Waals surface area (Å²) < 4.78 is 6.25. The summed E-state index contributed by atoms with van der Waals surface area (Å²) in [6.45, 7) is 4.06. The number of carbonyl (C=O) groups excluding carboxylic acids is 2. The van der Waals surface area contributed by atoms with Crippen molar-refractivity contribution in [2.24, 2.45) is 0 Å². The van der Waals surface area contributed by atoms with E-state index >= 15 is 0 Å². The molecule has 0 fully saturated rings. The van der Waals surface area contributed by atoms with Crippen LogP contribution < -0.4 is 5.32 Å². The van der Waals surface area contributed by atoms with E-state index < -0.39 is 22.9 Å². The van der Waals surface area contributed by atoms with Gasteiger partial charge in [0.2, 0.25) is 0 Å². The van der Waals surface area contributed by atoms with Crippen LogP contribution in [-0.2, 0) is 20.9 Å². The summed E-state index contributed by atoms with van der Waals surface area (Å²) in [6.07, 6.45) is -1.05. The van der Waals surface area contributed by atoms with Crippen molar-refractivity contribution in [3.63, 3.8) is 0 Å². The predicted octanol–water partition coefficient (Wildman–Crippen LogP) is 2.63. The molecule has 2 aromatic rings. The third-order valence-electron chi connectivity index (χ3n) is 3.59. The van der Waals surface area contributed by atoms with Gasteiger partial charge in [0.1, 0.15) is 17.9 Å². The van der Waals surface area contributed by atoms with Gasteiger partial charge in [0, 0.05) is 10.7 Å². The van der Waals surface area contributed by atoms with Crippen LogP contribution in [0, 0.1) is 24.0 Å². The highest BCUT2D eigenvalue weighted by Gasteiger charge is 2.24. The first-order valence-electron chi connectivity index (χ1n) is 7.63. The first-order valence-corrected chi connectivity index (χ1v) is 8.01. The molecule has 9 nitrogen and oxygen atoms in total. The summed E-state index contributed by atoms with van der Waals surface area (Å²) in [7, 11) is 0. The largest absolute Gasteiger partial charge is 0.451 e. The zero-order valence-electron chi connectivity index (χ0n) is 14.4. The van der Waals surface area contributed by atoms with E-state index in [0.29, 0.717) is 10.7 Å². The first kappa shape index (κ1) is 19.4. The van der Waals surface area contributed by atoms with Crippen LogP contribution in [0.5, 0.6) is 0 Å². The average molecular weight is 381 g/mol. The maximum atomic E-state index is 12.1. The molecule has 0 unspecified atom stereocenters. The Morgan fingerprint density at radius 2 is 1.96 bits per heavy atom. The third-order valence-corrected chi connectivity index (χ3v) is 3.85. The standard InChI is InChI=1S/C16H17ClN4O5/c1-9-15(21(24)25)10(2)20(19-9)8-14(22)26-11(3)16(23)18-13-6-4-12(17)5-7-13/h4-7,11H,8H2,1-3H3,(H,18,23)/t11-/m0/s1. The molecule has 0 aliphatic rings. The molecule has 1 heterocycles. The fourth-order valence-electron chi connectivity index (χ4n) is 2.29. The van der Waals surface area contributed by atoms with Gasteiger partial charge in [0.25, 0.3) is 5.91 Å². The molecule has 1 aromatic carbocycles. The number of rotatable bonds is 6. The topological polar surface area (TPSA) is 116 Å². The third kappa shape index (κ3) is 4.57. The van der Waals surface area contributed by atoms with Gasteiger partial charge >= 0.3 is 11.7 Å². The highest BCUT2D eigenvalue weighted by molar-refractivity contribution is 6.30. The van der Waals surface area contributed by atoms with Gasteiger partial charge in [-0.1, -0.05) is 11.6 Å². The van der Waals surface area contributed by atoms with Crippen LogP contribution in [0.15, 0.2) is 24.3 Å². The number of ether oxygens (including phenoxy) is 1.